The van der Waals surface area contributed by atoms with Gasteiger partial charge in [-0.1, -0.05) is 67.2 Å². The van der Waals surface area contributed by atoms with E-state index >= 15 is 0 Å². The number of fused-ring (bicyclic) bond motifs is 7. The molecule has 1 heterocycles. The Labute approximate surface area is 166 Å². The summed E-state index contributed by atoms with van der Waals surface area (Å²) in [7, 11) is 0. The summed E-state index contributed by atoms with van der Waals surface area (Å²) < 4.78 is 7.95. The van der Waals surface area contributed by atoms with Gasteiger partial charge in [-0.2, -0.15) is 0 Å². The smallest absolute Gasteiger partial charge is 0.333 e. The molecule has 0 aliphatic heterocycles. The summed E-state index contributed by atoms with van der Waals surface area (Å²) >= 11 is 1.78. The fraction of sp³-hybridized carbons (Fsp3) is 0.0800. The minimum atomic E-state index is -0.354. The lowest BCUT2D eigenvalue weighted by molar-refractivity contribution is -0.140. The van der Waals surface area contributed by atoms with E-state index in [0.29, 0.717) is 5.57 Å². The van der Waals surface area contributed by atoms with Gasteiger partial charge in [0.1, 0.15) is 6.61 Å². The second kappa shape index (κ2) is 6.47. The number of hydrogen-bond donors (Lipinski definition) is 0. The summed E-state index contributed by atoms with van der Waals surface area (Å²) in [5.74, 6) is -0.354. The lowest BCUT2D eigenvalue weighted by atomic mass is 9.99. The maximum absolute atomic E-state index is 11.9. The predicted molar refractivity (Wildman–Crippen MR) is 119 cm³/mol. The van der Waals surface area contributed by atoms with Gasteiger partial charge in [-0.15, -0.1) is 11.3 Å². The molecule has 0 bridgehead atoms. The molecule has 0 N–H and O–H groups in total. The van der Waals surface area contributed by atoms with Crippen LogP contribution in [0.1, 0.15) is 12.5 Å². The zero-order chi connectivity index (χ0) is 19.3. The Balaban J connectivity index is 1.85. The number of rotatable bonds is 3. The highest BCUT2D eigenvalue weighted by Crippen LogP contribution is 2.43. The van der Waals surface area contributed by atoms with Crippen LogP contribution in [0.15, 0.2) is 78.9 Å². The van der Waals surface area contributed by atoms with Crippen LogP contribution >= 0.6 is 11.3 Å². The van der Waals surface area contributed by atoms with Crippen molar-refractivity contribution >= 4 is 59.0 Å². The fourth-order valence-electron chi connectivity index (χ4n) is 3.80. The first-order valence-corrected chi connectivity index (χ1v) is 10.0. The van der Waals surface area contributed by atoms with Crippen LogP contribution in [-0.2, 0) is 16.1 Å². The van der Waals surface area contributed by atoms with Gasteiger partial charge in [0.25, 0.3) is 0 Å². The Kier molecular flexibility index (Phi) is 3.92. The maximum atomic E-state index is 11.9. The first kappa shape index (κ1) is 17.0. The molecule has 0 radical (unpaired) electrons. The molecule has 1 aromatic heterocycles. The van der Waals surface area contributed by atoms with Crippen molar-refractivity contribution in [2.75, 3.05) is 0 Å². The Morgan fingerprint density at radius 3 is 2.39 bits per heavy atom. The van der Waals surface area contributed by atoms with Crippen LogP contribution in [0.4, 0.5) is 0 Å². The molecule has 0 aliphatic carbocycles. The summed E-state index contributed by atoms with van der Waals surface area (Å²) in [6.07, 6.45) is 0. The lowest BCUT2D eigenvalue weighted by Crippen LogP contribution is -2.04. The van der Waals surface area contributed by atoms with Crippen LogP contribution in [0.3, 0.4) is 0 Å². The largest absolute Gasteiger partial charge is 0.457 e. The Morgan fingerprint density at radius 2 is 1.61 bits per heavy atom. The Bertz CT molecular complexity index is 1410. The number of esters is 1. The van der Waals surface area contributed by atoms with E-state index in [0.717, 1.165) is 10.9 Å². The summed E-state index contributed by atoms with van der Waals surface area (Å²) in [5.41, 5.74) is 1.45. The van der Waals surface area contributed by atoms with E-state index in [1.807, 2.05) is 6.07 Å². The molecule has 0 fully saturated rings. The van der Waals surface area contributed by atoms with E-state index in [2.05, 4.69) is 67.2 Å². The second-order valence-corrected chi connectivity index (χ2v) is 8.10. The molecule has 0 amide bonds. The molecule has 0 atom stereocenters. The summed E-state index contributed by atoms with van der Waals surface area (Å²) in [6.45, 7) is 5.59. The van der Waals surface area contributed by atoms with Crippen molar-refractivity contribution in [3.8, 4) is 0 Å². The molecule has 0 aliphatic rings. The fourth-order valence-corrected chi connectivity index (χ4v) is 5.15. The Morgan fingerprint density at radius 1 is 0.893 bits per heavy atom. The average Bonchev–Trinajstić information content (AvgIpc) is 3.12. The maximum Gasteiger partial charge on any atom is 0.333 e. The van der Waals surface area contributed by atoms with E-state index in [9.17, 15) is 4.79 Å². The second-order valence-electron chi connectivity index (χ2n) is 7.08. The van der Waals surface area contributed by atoms with E-state index in [1.165, 1.54) is 36.3 Å². The van der Waals surface area contributed by atoms with Crippen molar-refractivity contribution in [2.24, 2.45) is 0 Å². The normalized spacial score (nSPS) is 11.5. The Hall–Kier alpha value is -3.17. The van der Waals surface area contributed by atoms with Crippen molar-refractivity contribution in [3.05, 3.63) is 84.4 Å². The number of carbonyl (C=O) groups excluding carboxylic acids is 1. The number of thiophene rings is 1. The minimum Gasteiger partial charge on any atom is -0.457 e. The molecule has 0 saturated heterocycles. The van der Waals surface area contributed by atoms with E-state index < -0.39 is 0 Å². The molecule has 5 aromatic rings. The van der Waals surface area contributed by atoms with Gasteiger partial charge in [0.05, 0.1) is 0 Å². The molecular formula is C25H18O2S. The van der Waals surface area contributed by atoms with Gasteiger partial charge in [-0.25, -0.2) is 4.79 Å². The molecule has 2 nitrogen and oxygen atoms in total. The van der Waals surface area contributed by atoms with Gasteiger partial charge in [-0.3, -0.25) is 0 Å². The van der Waals surface area contributed by atoms with Crippen LogP contribution in [0.5, 0.6) is 0 Å². The molecule has 0 saturated carbocycles. The third kappa shape index (κ3) is 2.59. The molecule has 136 valence electrons. The number of hydrogen-bond acceptors (Lipinski definition) is 3. The zero-order valence-electron chi connectivity index (χ0n) is 15.5. The molecular weight excluding hydrogens is 364 g/mol. The van der Waals surface area contributed by atoms with Crippen LogP contribution < -0.4 is 0 Å². The molecule has 28 heavy (non-hydrogen) atoms. The SMILES string of the molecule is C=C(C)C(=O)OCc1cc2ccccc2c2c1sc1c3ccccc3ccc12. The van der Waals surface area contributed by atoms with Gasteiger partial charge < -0.3 is 4.74 Å². The van der Waals surface area contributed by atoms with Gasteiger partial charge in [0.2, 0.25) is 0 Å². The monoisotopic (exact) mass is 382 g/mol. The van der Waals surface area contributed by atoms with Crippen LogP contribution in [-0.4, -0.2) is 5.97 Å². The summed E-state index contributed by atoms with van der Waals surface area (Å²) in [4.78, 5) is 11.9. The summed E-state index contributed by atoms with van der Waals surface area (Å²) in [6, 6.07) is 23.4. The highest BCUT2D eigenvalue weighted by atomic mass is 32.1. The van der Waals surface area contributed by atoms with Gasteiger partial charge in [0.15, 0.2) is 0 Å². The topological polar surface area (TPSA) is 26.3 Å². The van der Waals surface area contributed by atoms with E-state index in [1.54, 1.807) is 18.3 Å². The van der Waals surface area contributed by atoms with Crippen molar-refractivity contribution in [1.82, 2.24) is 0 Å². The third-order valence-corrected chi connectivity index (χ3v) is 6.45. The predicted octanol–water partition coefficient (Wildman–Crippen LogP) is 6.98. The van der Waals surface area contributed by atoms with Crippen molar-refractivity contribution < 1.29 is 9.53 Å². The first-order chi connectivity index (χ1) is 13.6. The average molecular weight is 382 g/mol. The van der Waals surface area contributed by atoms with Crippen molar-refractivity contribution in [2.45, 2.75) is 13.5 Å². The van der Waals surface area contributed by atoms with Crippen LogP contribution in [0.2, 0.25) is 0 Å². The van der Waals surface area contributed by atoms with Crippen molar-refractivity contribution in [1.29, 1.82) is 0 Å². The number of carbonyl (C=O) groups is 1. The molecule has 0 unspecified atom stereocenters. The van der Waals surface area contributed by atoms with Gasteiger partial charge in [-0.05, 0) is 34.5 Å². The molecule has 3 heteroatoms. The third-order valence-electron chi connectivity index (χ3n) is 5.14. The summed E-state index contributed by atoms with van der Waals surface area (Å²) in [5, 5.41) is 7.38. The lowest BCUT2D eigenvalue weighted by Gasteiger charge is -2.09. The highest BCUT2D eigenvalue weighted by molar-refractivity contribution is 7.27. The zero-order valence-corrected chi connectivity index (χ0v) is 16.3. The van der Waals surface area contributed by atoms with E-state index in [4.69, 9.17) is 4.74 Å². The minimum absolute atomic E-state index is 0.248. The molecule has 0 spiro atoms. The van der Waals surface area contributed by atoms with E-state index in [-0.39, 0.29) is 12.6 Å². The number of benzene rings is 4. The number of ether oxygens (including phenoxy) is 1. The van der Waals surface area contributed by atoms with Crippen molar-refractivity contribution in [3.63, 3.8) is 0 Å². The standard InChI is InChI=1S/C25H18O2S/c1-15(2)25(26)27-14-18-13-17-8-4-5-9-19(17)22-21-12-11-16-7-3-6-10-20(16)24(21)28-23(18)22/h3-13H,1,14H2,2H3. The first-order valence-electron chi connectivity index (χ1n) is 9.21. The molecule has 5 rings (SSSR count). The van der Waals surface area contributed by atoms with Crippen LogP contribution in [0.25, 0.3) is 41.7 Å². The highest BCUT2D eigenvalue weighted by Gasteiger charge is 2.16. The van der Waals surface area contributed by atoms with Gasteiger partial charge in [0, 0.05) is 31.3 Å². The van der Waals surface area contributed by atoms with Gasteiger partial charge >= 0.3 is 5.97 Å². The quantitative estimate of drug-likeness (QED) is 0.248. The van der Waals surface area contributed by atoms with Crippen LogP contribution in [0, 0.1) is 0 Å². The molecule has 4 aromatic carbocycles.